The first-order valence-corrected chi connectivity index (χ1v) is 7.40. The molecule has 20 heavy (non-hydrogen) atoms. The van der Waals surface area contributed by atoms with Crippen molar-refractivity contribution in [3.63, 3.8) is 0 Å². The van der Waals surface area contributed by atoms with Gasteiger partial charge in [0.25, 0.3) is 10.0 Å². The van der Waals surface area contributed by atoms with Gasteiger partial charge in [-0.25, -0.2) is 0 Å². The standard InChI is InChI=1S/C14H12N2O3S/c1-9-5-4-7-11(15)13(9)19-14-10-6-2-3-8-12(10)20(17,18)16-14/h2-8H,15H2,1H3. The van der Waals surface area contributed by atoms with Gasteiger partial charge in [0.2, 0.25) is 5.90 Å². The maximum absolute atomic E-state index is 11.9. The van der Waals surface area contributed by atoms with Crippen LogP contribution in [0, 0.1) is 6.92 Å². The molecule has 5 nitrogen and oxygen atoms in total. The number of ether oxygens (including phenoxy) is 1. The first-order valence-electron chi connectivity index (χ1n) is 5.96. The number of anilines is 1. The number of hydrogen-bond acceptors (Lipinski definition) is 4. The summed E-state index contributed by atoms with van der Waals surface area (Å²) in [5.74, 6) is 0.486. The van der Waals surface area contributed by atoms with E-state index in [1.165, 1.54) is 6.07 Å². The van der Waals surface area contributed by atoms with Crippen LogP contribution in [0.2, 0.25) is 0 Å². The summed E-state index contributed by atoms with van der Waals surface area (Å²) in [4.78, 5) is 0.155. The first kappa shape index (κ1) is 12.7. The Morgan fingerprint density at radius 3 is 2.60 bits per heavy atom. The second-order valence-electron chi connectivity index (χ2n) is 4.46. The SMILES string of the molecule is Cc1cccc(N)c1OC1=NS(=O)(=O)c2ccccc21. The summed E-state index contributed by atoms with van der Waals surface area (Å²) in [6.45, 7) is 1.83. The van der Waals surface area contributed by atoms with Gasteiger partial charge in [0.05, 0.1) is 11.3 Å². The number of rotatable bonds is 1. The normalized spacial score (nSPS) is 15.6. The Kier molecular flexibility index (Phi) is 2.76. The lowest BCUT2D eigenvalue weighted by atomic mass is 10.2. The Balaban J connectivity index is 2.10. The molecule has 6 heteroatoms. The number of hydrogen-bond donors (Lipinski definition) is 1. The molecule has 1 aliphatic heterocycles. The molecule has 0 spiro atoms. The average Bonchev–Trinajstić information content (AvgIpc) is 2.66. The third-order valence-corrected chi connectivity index (χ3v) is 4.36. The molecule has 0 bridgehead atoms. The van der Waals surface area contributed by atoms with E-state index in [0.717, 1.165) is 5.56 Å². The fourth-order valence-electron chi connectivity index (χ4n) is 2.06. The molecule has 0 atom stereocenters. The van der Waals surface area contributed by atoms with Gasteiger partial charge in [-0.2, -0.15) is 8.42 Å². The van der Waals surface area contributed by atoms with E-state index in [0.29, 0.717) is 17.0 Å². The molecule has 3 rings (SSSR count). The van der Waals surface area contributed by atoms with Gasteiger partial charge >= 0.3 is 0 Å². The molecular formula is C14H12N2O3S. The molecule has 2 aromatic rings. The molecule has 0 aromatic heterocycles. The van der Waals surface area contributed by atoms with Gasteiger partial charge in [0, 0.05) is 0 Å². The Morgan fingerprint density at radius 2 is 1.85 bits per heavy atom. The number of nitrogens with two attached hydrogens (primary N) is 1. The van der Waals surface area contributed by atoms with Gasteiger partial charge in [-0.15, -0.1) is 4.40 Å². The monoisotopic (exact) mass is 288 g/mol. The van der Waals surface area contributed by atoms with Gasteiger partial charge in [-0.05, 0) is 30.7 Å². The second-order valence-corrected chi connectivity index (χ2v) is 6.04. The molecule has 102 valence electrons. The maximum Gasteiger partial charge on any atom is 0.286 e. The van der Waals surface area contributed by atoms with Gasteiger partial charge in [-0.3, -0.25) is 0 Å². The van der Waals surface area contributed by atoms with E-state index in [-0.39, 0.29) is 10.8 Å². The molecule has 2 N–H and O–H groups in total. The van der Waals surface area contributed by atoms with Crippen LogP contribution in [0.3, 0.4) is 0 Å². The average molecular weight is 288 g/mol. The van der Waals surface area contributed by atoms with Crippen LogP contribution in [0.1, 0.15) is 11.1 Å². The molecular weight excluding hydrogens is 276 g/mol. The molecule has 0 radical (unpaired) electrons. The minimum atomic E-state index is -3.68. The van der Waals surface area contributed by atoms with Crippen molar-refractivity contribution in [2.45, 2.75) is 11.8 Å². The highest BCUT2D eigenvalue weighted by Gasteiger charge is 2.30. The van der Waals surface area contributed by atoms with E-state index in [1.54, 1.807) is 30.3 Å². The maximum atomic E-state index is 11.9. The Morgan fingerprint density at radius 1 is 1.10 bits per heavy atom. The quantitative estimate of drug-likeness (QED) is 0.815. The molecule has 0 fully saturated rings. The summed E-state index contributed by atoms with van der Waals surface area (Å²) in [6, 6.07) is 11.9. The van der Waals surface area contributed by atoms with E-state index in [1.807, 2.05) is 13.0 Å². The molecule has 0 saturated heterocycles. The van der Waals surface area contributed by atoms with Gasteiger partial charge in [0.15, 0.2) is 5.75 Å². The lowest BCUT2D eigenvalue weighted by Crippen LogP contribution is -2.10. The minimum absolute atomic E-state index is 0.0570. The van der Waals surface area contributed by atoms with Gasteiger partial charge in [0.1, 0.15) is 4.90 Å². The van der Waals surface area contributed by atoms with Crippen LogP contribution < -0.4 is 10.5 Å². The molecule has 0 amide bonds. The summed E-state index contributed by atoms with van der Waals surface area (Å²) in [5.41, 5.74) is 7.57. The van der Waals surface area contributed by atoms with Crippen molar-refractivity contribution < 1.29 is 13.2 Å². The van der Waals surface area contributed by atoms with Crippen molar-refractivity contribution >= 4 is 21.6 Å². The lowest BCUT2D eigenvalue weighted by molar-refractivity contribution is 0.552. The summed E-state index contributed by atoms with van der Waals surface area (Å²) in [6.07, 6.45) is 0. The van der Waals surface area contributed by atoms with Crippen molar-refractivity contribution in [3.05, 3.63) is 53.6 Å². The second kappa shape index (κ2) is 4.35. The molecule has 2 aromatic carbocycles. The van der Waals surface area contributed by atoms with Crippen LogP contribution in [-0.2, 0) is 10.0 Å². The van der Waals surface area contributed by atoms with Crippen LogP contribution in [0.15, 0.2) is 51.8 Å². The number of nitrogens with zero attached hydrogens (tertiary/aromatic N) is 1. The summed E-state index contributed by atoms with van der Waals surface area (Å²) < 4.78 is 33.2. The topological polar surface area (TPSA) is 81.8 Å². The smallest absolute Gasteiger partial charge is 0.286 e. The molecule has 0 saturated carbocycles. The number of benzene rings is 2. The Bertz CT molecular complexity index is 806. The number of para-hydroxylation sites is 1. The number of nitrogen functional groups attached to an aromatic ring is 1. The van der Waals surface area contributed by atoms with Crippen LogP contribution in [-0.4, -0.2) is 14.3 Å². The van der Waals surface area contributed by atoms with E-state index in [2.05, 4.69) is 4.40 Å². The van der Waals surface area contributed by atoms with Crippen LogP contribution in [0.5, 0.6) is 5.75 Å². The van der Waals surface area contributed by atoms with Crippen molar-refractivity contribution in [2.24, 2.45) is 4.40 Å². The Labute approximate surface area is 116 Å². The fourth-order valence-corrected chi connectivity index (χ4v) is 3.20. The predicted octanol–water partition coefficient (Wildman–Crippen LogP) is 2.11. The van der Waals surface area contributed by atoms with Crippen molar-refractivity contribution in [1.82, 2.24) is 0 Å². The van der Waals surface area contributed by atoms with Crippen molar-refractivity contribution in [1.29, 1.82) is 0 Å². The molecule has 0 unspecified atom stereocenters. The van der Waals surface area contributed by atoms with Crippen LogP contribution in [0.25, 0.3) is 0 Å². The summed E-state index contributed by atoms with van der Waals surface area (Å²) >= 11 is 0. The Hall–Kier alpha value is -2.34. The van der Waals surface area contributed by atoms with Gasteiger partial charge in [-0.1, -0.05) is 24.3 Å². The zero-order valence-corrected chi connectivity index (χ0v) is 11.5. The number of fused-ring (bicyclic) bond motifs is 1. The highest BCUT2D eigenvalue weighted by molar-refractivity contribution is 7.90. The van der Waals surface area contributed by atoms with E-state index < -0.39 is 10.0 Å². The van der Waals surface area contributed by atoms with E-state index in [4.69, 9.17) is 10.5 Å². The van der Waals surface area contributed by atoms with Gasteiger partial charge < -0.3 is 10.5 Å². The third-order valence-electron chi connectivity index (χ3n) is 3.04. The first-order chi connectivity index (χ1) is 9.49. The molecule has 1 aliphatic rings. The highest BCUT2D eigenvalue weighted by atomic mass is 32.2. The molecule has 1 heterocycles. The van der Waals surface area contributed by atoms with E-state index >= 15 is 0 Å². The summed E-state index contributed by atoms with van der Waals surface area (Å²) in [7, 11) is -3.68. The third kappa shape index (κ3) is 1.94. The molecule has 0 aliphatic carbocycles. The van der Waals surface area contributed by atoms with E-state index in [9.17, 15) is 8.42 Å². The zero-order valence-electron chi connectivity index (χ0n) is 10.7. The number of aryl methyl sites for hydroxylation is 1. The lowest BCUT2D eigenvalue weighted by Gasteiger charge is -2.10. The summed E-state index contributed by atoms with van der Waals surface area (Å²) in [5, 5.41) is 0. The number of sulfonamides is 1. The predicted molar refractivity (Wildman–Crippen MR) is 76.4 cm³/mol. The van der Waals surface area contributed by atoms with Crippen molar-refractivity contribution in [2.75, 3.05) is 5.73 Å². The highest BCUT2D eigenvalue weighted by Crippen LogP contribution is 2.31. The minimum Gasteiger partial charge on any atom is -0.435 e. The van der Waals surface area contributed by atoms with Crippen LogP contribution >= 0.6 is 0 Å². The largest absolute Gasteiger partial charge is 0.435 e. The van der Waals surface area contributed by atoms with Crippen LogP contribution in [0.4, 0.5) is 5.69 Å². The fraction of sp³-hybridized carbons (Fsp3) is 0.0714. The zero-order chi connectivity index (χ0) is 14.3. The van der Waals surface area contributed by atoms with Crippen molar-refractivity contribution in [3.8, 4) is 5.75 Å².